The van der Waals surface area contributed by atoms with Gasteiger partial charge in [0.2, 0.25) is 5.91 Å². The summed E-state index contributed by atoms with van der Waals surface area (Å²) in [7, 11) is 1.87. The highest BCUT2D eigenvalue weighted by molar-refractivity contribution is 6.09. The van der Waals surface area contributed by atoms with Gasteiger partial charge in [-0.3, -0.25) is 9.59 Å². The Kier molecular flexibility index (Phi) is 5.11. The maximum absolute atomic E-state index is 12.8. The molecule has 1 aromatic rings. The van der Waals surface area contributed by atoms with E-state index in [-0.39, 0.29) is 17.9 Å². The number of amides is 2. The summed E-state index contributed by atoms with van der Waals surface area (Å²) in [6.45, 7) is 7.04. The average Bonchev–Trinajstić information content (AvgIpc) is 2.80. The molecular weight excluding hydrogens is 316 g/mol. The first-order chi connectivity index (χ1) is 11.9. The van der Waals surface area contributed by atoms with E-state index in [0.717, 1.165) is 37.2 Å². The van der Waals surface area contributed by atoms with E-state index in [1.54, 1.807) is 4.90 Å². The minimum atomic E-state index is -0.550. The van der Waals surface area contributed by atoms with Gasteiger partial charge in [-0.25, -0.2) is 0 Å². The summed E-state index contributed by atoms with van der Waals surface area (Å²) in [5.74, 6) is 0.0222. The van der Waals surface area contributed by atoms with E-state index in [1.165, 1.54) is 0 Å². The van der Waals surface area contributed by atoms with Crippen molar-refractivity contribution in [1.29, 1.82) is 0 Å². The zero-order chi connectivity index (χ0) is 18.0. The number of likely N-dealkylation sites (N-methyl/N-ethyl adjacent to an activating group) is 1. The van der Waals surface area contributed by atoms with Crippen molar-refractivity contribution in [3.8, 4) is 0 Å². The van der Waals surface area contributed by atoms with Crippen molar-refractivity contribution >= 4 is 17.5 Å². The standard InChI is InChI=1S/C19H28N4O2/c1-19(2)15-7-6-13(17(24)22-14-5-4-8-21-12-14)11-16(15)23(18(19)25)10-9-20-3/h6-7,11,14,20-21H,4-5,8-10,12H2,1-3H3,(H,22,24). The molecule has 0 saturated carbocycles. The van der Waals surface area contributed by atoms with Gasteiger partial charge in [0, 0.05) is 36.9 Å². The fourth-order valence-corrected chi connectivity index (χ4v) is 3.68. The smallest absolute Gasteiger partial charge is 0.251 e. The summed E-state index contributed by atoms with van der Waals surface area (Å²) in [6, 6.07) is 5.80. The normalized spacial score (nSPS) is 22.0. The number of hydrogen-bond acceptors (Lipinski definition) is 4. The molecule has 6 nitrogen and oxygen atoms in total. The van der Waals surface area contributed by atoms with Gasteiger partial charge in [-0.15, -0.1) is 0 Å². The van der Waals surface area contributed by atoms with Gasteiger partial charge in [0.1, 0.15) is 0 Å². The lowest BCUT2D eigenvalue weighted by Gasteiger charge is -2.24. The monoisotopic (exact) mass is 344 g/mol. The molecule has 6 heteroatoms. The highest BCUT2D eigenvalue weighted by Gasteiger charge is 2.43. The number of fused-ring (bicyclic) bond motifs is 1. The number of piperidine rings is 1. The first-order valence-electron chi connectivity index (χ1n) is 9.08. The lowest BCUT2D eigenvalue weighted by Crippen LogP contribution is -2.45. The van der Waals surface area contributed by atoms with Crippen LogP contribution in [0.1, 0.15) is 42.6 Å². The fourth-order valence-electron chi connectivity index (χ4n) is 3.68. The highest BCUT2D eigenvalue weighted by atomic mass is 16.2. The minimum Gasteiger partial charge on any atom is -0.348 e. The van der Waals surface area contributed by atoms with E-state index in [4.69, 9.17) is 0 Å². The molecule has 3 N–H and O–H groups in total. The Morgan fingerprint density at radius 3 is 2.88 bits per heavy atom. The zero-order valence-corrected chi connectivity index (χ0v) is 15.3. The number of hydrogen-bond donors (Lipinski definition) is 3. The summed E-state index contributed by atoms with van der Waals surface area (Å²) >= 11 is 0. The molecule has 2 aliphatic heterocycles. The van der Waals surface area contributed by atoms with Crippen LogP contribution in [0.3, 0.4) is 0 Å². The topological polar surface area (TPSA) is 73.5 Å². The van der Waals surface area contributed by atoms with Crippen LogP contribution in [0.2, 0.25) is 0 Å². The lowest BCUT2D eigenvalue weighted by molar-refractivity contribution is -0.122. The van der Waals surface area contributed by atoms with E-state index in [9.17, 15) is 9.59 Å². The SMILES string of the molecule is CNCCN1C(=O)C(C)(C)c2ccc(C(=O)NC3CCCNC3)cc21. The van der Waals surface area contributed by atoms with Gasteiger partial charge in [0.15, 0.2) is 0 Å². The third kappa shape index (κ3) is 3.41. The Balaban J connectivity index is 1.83. The van der Waals surface area contributed by atoms with Crippen LogP contribution in [-0.2, 0) is 10.2 Å². The third-order valence-electron chi connectivity index (χ3n) is 5.22. The molecule has 0 aliphatic carbocycles. The lowest BCUT2D eigenvalue weighted by atomic mass is 9.86. The van der Waals surface area contributed by atoms with Gasteiger partial charge >= 0.3 is 0 Å². The number of carbonyl (C=O) groups is 2. The third-order valence-corrected chi connectivity index (χ3v) is 5.22. The zero-order valence-electron chi connectivity index (χ0n) is 15.3. The summed E-state index contributed by atoms with van der Waals surface area (Å²) in [5, 5.41) is 9.49. The molecule has 2 amide bonds. The molecule has 1 fully saturated rings. The van der Waals surface area contributed by atoms with Crippen molar-refractivity contribution in [1.82, 2.24) is 16.0 Å². The van der Waals surface area contributed by atoms with Crippen LogP contribution in [0.4, 0.5) is 5.69 Å². The molecule has 25 heavy (non-hydrogen) atoms. The predicted molar refractivity (Wildman–Crippen MR) is 99.1 cm³/mol. The molecule has 1 aromatic carbocycles. The van der Waals surface area contributed by atoms with Crippen molar-refractivity contribution in [2.45, 2.75) is 38.1 Å². The molecule has 136 valence electrons. The Morgan fingerprint density at radius 2 is 2.20 bits per heavy atom. The number of nitrogens with one attached hydrogen (secondary N) is 3. The summed E-state index contributed by atoms with van der Waals surface area (Å²) in [5.41, 5.74) is 1.92. The second-order valence-electron chi connectivity index (χ2n) is 7.43. The van der Waals surface area contributed by atoms with Crippen LogP contribution < -0.4 is 20.9 Å². The van der Waals surface area contributed by atoms with Gasteiger partial charge in [-0.05, 0) is 58.0 Å². The van der Waals surface area contributed by atoms with Crippen LogP contribution in [-0.4, -0.2) is 51.1 Å². The molecule has 3 rings (SSSR count). The average molecular weight is 344 g/mol. The van der Waals surface area contributed by atoms with Gasteiger partial charge in [-0.1, -0.05) is 6.07 Å². The number of rotatable bonds is 5. The van der Waals surface area contributed by atoms with E-state index in [1.807, 2.05) is 39.1 Å². The van der Waals surface area contributed by atoms with E-state index in [2.05, 4.69) is 16.0 Å². The first-order valence-corrected chi connectivity index (χ1v) is 9.08. The quantitative estimate of drug-likeness (QED) is 0.745. The molecule has 0 radical (unpaired) electrons. The molecular formula is C19H28N4O2. The molecule has 1 saturated heterocycles. The Hall–Kier alpha value is -1.92. The molecule has 2 heterocycles. The molecule has 0 bridgehead atoms. The first kappa shape index (κ1) is 17.9. The molecule has 1 unspecified atom stereocenters. The van der Waals surface area contributed by atoms with Gasteiger partial charge in [0.25, 0.3) is 5.91 Å². The second kappa shape index (κ2) is 7.14. The van der Waals surface area contributed by atoms with E-state index >= 15 is 0 Å². The van der Waals surface area contributed by atoms with Gasteiger partial charge in [0.05, 0.1) is 5.41 Å². The summed E-state index contributed by atoms with van der Waals surface area (Å²) < 4.78 is 0. The number of anilines is 1. The summed E-state index contributed by atoms with van der Waals surface area (Å²) in [4.78, 5) is 27.2. The van der Waals surface area contributed by atoms with Gasteiger partial charge < -0.3 is 20.9 Å². The van der Waals surface area contributed by atoms with Crippen LogP contribution in [0.15, 0.2) is 18.2 Å². The molecule has 2 aliphatic rings. The fraction of sp³-hybridized carbons (Fsp3) is 0.579. The Morgan fingerprint density at radius 1 is 1.40 bits per heavy atom. The van der Waals surface area contributed by atoms with Crippen LogP contribution in [0, 0.1) is 0 Å². The molecule has 1 atom stereocenters. The van der Waals surface area contributed by atoms with E-state index in [0.29, 0.717) is 18.7 Å². The number of nitrogens with zero attached hydrogens (tertiary/aromatic N) is 1. The number of benzene rings is 1. The van der Waals surface area contributed by atoms with Crippen molar-refractivity contribution in [3.63, 3.8) is 0 Å². The maximum atomic E-state index is 12.8. The van der Waals surface area contributed by atoms with Crippen molar-refractivity contribution in [2.24, 2.45) is 0 Å². The second-order valence-corrected chi connectivity index (χ2v) is 7.43. The molecule has 0 spiro atoms. The van der Waals surface area contributed by atoms with Crippen molar-refractivity contribution in [2.75, 3.05) is 38.1 Å². The minimum absolute atomic E-state index is 0.0674. The Labute approximate surface area is 149 Å². The Bertz CT molecular complexity index is 665. The maximum Gasteiger partial charge on any atom is 0.251 e. The summed E-state index contributed by atoms with van der Waals surface area (Å²) in [6.07, 6.45) is 2.08. The molecule has 0 aromatic heterocycles. The van der Waals surface area contributed by atoms with E-state index < -0.39 is 5.41 Å². The van der Waals surface area contributed by atoms with Crippen LogP contribution in [0.5, 0.6) is 0 Å². The largest absolute Gasteiger partial charge is 0.348 e. The van der Waals surface area contributed by atoms with Crippen molar-refractivity contribution < 1.29 is 9.59 Å². The van der Waals surface area contributed by atoms with Crippen LogP contribution in [0.25, 0.3) is 0 Å². The predicted octanol–water partition coefficient (Wildman–Crippen LogP) is 1.01. The highest BCUT2D eigenvalue weighted by Crippen LogP contribution is 2.41. The van der Waals surface area contributed by atoms with Crippen LogP contribution >= 0.6 is 0 Å². The number of carbonyl (C=O) groups excluding carboxylic acids is 2. The van der Waals surface area contributed by atoms with Crippen molar-refractivity contribution in [3.05, 3.63) is 29.3 Å². The van der Waals surface area contributed by atoms with Gasteiger partial charge in [-0.2, -0.15) is 0 Å².